The molecule has 0 saturated carbocycles. The number of amides is 1. The van der Waals surface area contributed by atoms with Gasteiger partial charge in [0.25, 0.3) is 0 Å². The first kappa shape index (κ1) is 15.6. The van der Waals surface area contributed by atoms with Gasteiger partial charge in [-0.05, 0) is 43.9 Å². The van der Waals surface area contributed by atoms with Crippen molar-refractivity contribution in [1.82, 2.24) is 10.3 Å². The number of nitrogens with one attached hydrogen (secondary N) is 1. The highest BCUT2D eigenvalue weighted by Gasteiger charge is 2.16. The third kappa shape index (κ3) is 5.83. The van der Waals surface area contributed by atoms with Crippen LogP contribution in [0.15, 0.2) is 24.4 Å². The van der Waals surface area contributed by atoms with Crippen molar-refractivity contribution < 1.29 is 4.79 Å². The molecule has 0 fully saturated rings. The first-order valence-electron chi connectivity index (χ1n) is 6.93. The zero-order valence-corrected chi connectivity index (χ0v) is 12.1. The second kappa shape index (κ2) is 7.89. The van der Waals surface area contributed by atoms with Crippen molar-refractivity contribution in [3.8, 4) is 0 Å². The molecule has 1 aromatic heterocycles. The highest BCUT2D eigenvalue weighted by molar-refractivity contribution is 5.76. The Labute approximate surface area is 115 Å². The second-order valence-corrected chi connectivity index (χ2v) is 5.48. The molecule has 4 heteroatoms. The van der Waals surface area contributed by atoms with Crippen LogP contribution in [-0.2, 0) is 4.79 Å². The summed E-state index contributed by atoms with van der Waals surface area (Å²) in [5.74, 6) is 0.875. The summed E-state index contributed by atoms with van der Waals surface area (Å²) in [4.78, 5) is 16.2. The molecule has 4 nitrogen and oxygen atoms in total. The van der Waals surface area contributed by atoms with E-state index in [1.807, 2.05) is 25.1 Å². The van der Waals surface area contributed by atoms with Crippen LogP contribution in [0, 0.1) is 11.8 Å². The number of carbonyl (C=O) groups is 1. The van der Waals surface area contributed by atoms with Gasteiger partial charge in [0.15, 0.2) is 0 Å². The average Bonchev–Trinajstić information content (AvgIpc) is 2.38. The van der Waals surface area contributed by atoms with Gasteiger partial charge in [0.1, 0.15) is 0 Å². The molecular weight excluding hydrogens is 238 g/mol. The van der Waals surface area contributed by atoms with Crippen LogP contribution in [0.5, 0.6) is 0 Å². The van der Waals surface area contributed by atoms with Crippen LogP contribution >= 0.6 is 0 Å². The molecule has 19 heavy (non-hydrogen) atoms. The van der Waals surface area contributed by atoms with Crippen molar-refractivity contribution in [3.63, 3.8) is 0 Å². The van der Waals surface area contributed by atoms with Gasteiger partial charge in [-0.3, -0.25) is 9.78 Å². The van der Waals surface area contributed by atoms with Gasteiger partial charge < -0.3 is 11.1 Å². The maximum atomic E-state index is 12.0. The molecule has 106 valence electrons. The van der Waals surface area contributed by atoms with Crippen LogP contribution in [0.1, 0.15) is 45.3 Å². The van der Waals surface area contributed by atoms with Gasteiger partial charge >= 0.3 is 0 Å². The molecule has 0 aliphatic rings. The lowest BCUT2D eigenvalue weighted by Crippen LogP contribution is -2.31. The molecule has 0 saturated heterocycles. The fraction of sp³-hybridized carbons (Fsp3) is 0.600. The number of hydrogen-bond donors (Lipinski definition) is 2. The monoisotopic (exact) mass is 263 g/mol. The van der Waals surface area contributed by atoms with Gasteiger partial charge in [0, 0.05) is 12.6 Å². The molecule has 0 aliphatic heterocycles. The molecule has 0 unspecified atom stereocenters. The Bertz CT molecular complexity index is 378. The number of carbonyl (C=O) groups excluding carboxylic acids is 1. The summed E-state index contributed by atoms with van der Waals surface area (Å²) >= 11 is 0. The Hall–Kier alpha value is -1.42. The molecule has 0 bridgehead atoms. The minimum atomic E-state index is -0.0637. The first-order valence-corrected chi connectivity index (χ1v) is 6.93. The van der Waals surface area contributed by atoms with Crippen molar-refractivity contribution in [2.75, 3.05) is 6.54 Å². The maximum Gasteiger partial charge on any atom is 0.220 e. The number of hydrogen-bond acceptors (Lipinski definition) is 3. The van der Waals surface area contributed by atoms with Crippen molar-refractivity contribution in [2.45, 2.75) is 39.7 Å². The number of rotatable bonds is 7. The van der Waals surface area contributed by atoms with Gasteiger partial charge in [-0.1, -0.05) is 19.9 Å². The zero-order chi connectivity index (χ0) is 14.3. The fourth-order valence-electron chi connectivity index (χ4n) is 2.20. The Kier molecular flexibility index (Phi) is 6.50. The van der Waals surface area contributed by atoms with Gasteiger partial charge in [-0.25, -0.2) is 0 Å². The molecule has 1 heterocycles. The summed E-state index contributed by atoms with van der Waals surface area (Å²) in [7, 11) is 0. The maximum absolute atomic E-state index is 12.0. The van der Waals surface area contributed by atoms with Gasteiger partial charge in [-0.15, -0.1) is 0 Å². The van der Waals surface area contributed by atoms with E-state index < -0.39 is 0 Å². The van der Waals surface area contributed by atoms with Crippen LogP contribution in [0.25, 0.3) is 0 Å². The second-order valence-electron chi connectivity index (χ2n) is 5.48. The van der Waals surface area contributed by atoms with Gasteiger partial charge in [0.2, 0.25) is 5.91 Å². The van der Waals surface area contributed by atoms with E-state index in [0.717, 1.165) is 12.1 Å². The number of nitrogens with two attached hydrogens (primary N) is 1. The molecule has 2 atom stereocenters. The summed E-state index contributed by atoms with van der Waals surface area (Å²) in [5, 5.41) is 2.98. The fourth-order valence-corrected chi connectivity index (χ4v) is 2.20. The molecule has 1 amide bonds. The molecule has 0 aliphatic carbocycles. The van der Waals surface area contributed by atoms with E-state index >= 15 is 0 Å². The lowest BCUT2D eigenvalue weighted by atomic mass is 9.94. The molecule has 0 spiro atoms. The van der Waals surface area contributed by atoms with Crippen molar-refractivity contribution in [3.05, 3.63) is 30.1 Å². The third-order valence-electron chi connectivity index (χ3n) is 3.12. The number of aromatic nitrogens is 1. The van der Waals surface area contributed by atoms with Crippen LogP contribution in [0.3, 0.4) is 0 Å². The molecule has 3 N–H and O–H groups in total. The molecule has 0 aromatic carbocycles. The minimum Gasteiger partial charge on any atom is -0.348 e. The number of pyridine rings is 1. The molecular formula is C15H25N3O. The smallest absolute Gasteiger partial charge is 0.220 e. The first-order chi connectivity index (χ1) is 9.02. The predicted octanol–water partition coefficient (Wildman–Crippen LogP) is 2.27. The summed E-state index contributed by atoms with van der Waals surface area (Å²) in [6, 6.07) is 5.64. The standard InChI is InChI=1S/C15H25N3O/c1-11(2)8-13(10-16)9-15(19)18-12(3)14-6-4-5-7-17-14/h4-7,11-13H,8-10,16H2,1-3H3,(H,18,19)/t12-,13+/m1/s1. The van der Waals surface area contributed by atoms with E-state index in [9.17, 15) is 4.79 Å². The number of nitrogens with zero attached hydrogens (tertiary/aromatic N) is 1. The normalized spacial score (nSPS) is 14.2. The summed E-state index contributed by atoms with van der Waals surface area (Å²) in [6.07, 6.45) is 3.22. The highest BCUT2D eigenvalue weighted by Crippen LogP contribution is 2.15. The Morgan fingerprint density at radius 3 is 2.63 bits per heavy atom. The lowest BCUT2D eigenvalue weighted by Gasteiger charge is -2.18. The Morgan fingerprint density at radius 2 is 2.11 bits per heavy atom. The quantitative estimate of drug-likeness (QED) is 0.793. The van der Waals surface area contributed by atoms with E-state index in [1.165, 1.54) is 0 Å². The van der Waals surface area contributed by atoms with Gasteiger partial charge in [-0.2, -0.15) is 0 Å². The topological polar surface area (TPSA) is 68.0 Å². The SMILES string of the molecule is CC(C)C[C@H](CN)CC(=O)N[C@H](C)c1ccccn1. The van der Waals surface area contributed by atoms with Crippen molar-refractivity contribution in [1.29, 1.82) is 0 Å². The van der Waals surface area contributed by atoms with Crippen LogP contribution < -0.4 is 11.1 Å². The summed E-state index contributed by atoms with van der Waals surface area (Å²) in [5.41, 5.74) is 6.60. The largest absolute Gasteiger partial charge is 0.348 e. The van der Waals surface area contributed by atoms with E-state index in [-0.39, 0.29) is 17.9 Å². The van der Waals surface area contributed by atoms with Crippen molar-refractivity contribution in [2.24, 2.45) is 17.6 Å². The molecule has 1 aromatic rings. The van der Waals surface area contributed by atoms with Gasteiger partial charge in [0.05, 0.1) is 11.7 Å². The van der Waals surface area contributed by atoms with E-state index in [4.69, 9.17) is 5.73 Å². The minimum absolute atomic E-state index is 0.0502. The molecule has 0 radical (unpaired) electrons. The molecule has 1 rings (SSSR count). The highest BCUT2D eigenvalue weighted by atomic mass is 16.1. The Morgan fingerprint density at radius 1 is 1.37 bits per heavy atom. The average molecular weight is 263 g/mol. The summed E-state index contributed by atoms with van der Waals surface area (Å²) < 4.78 is 0. The summed E-state index contributed by atoms with van der Waals surface area (Å²) in [6.45, 7) is 6.80. The Balaban J connectivity index is 2.46. The van der Waals surface area contributed by atoms with E-state index in [0.29, 0.717) is 18.9 Å². The van der Waals surface area contributed by atoms with E-state index in [1.54, 1.807) is 6.20 Å². The van der Waals surface area contributed by atoms with Crippen LogP contribution in [-0.4, -0.2) is 17.4 Å². The lowest BCUT2D eigenvalue weighted by molar-refractivity contribution is -0.122. The van der Waals surface area contributed by atoms with Crippen LogP contribution in [0.2, 0.25) is 0 Å². The van der Waals surface area contributed by atoms with E-state index in [2.05, 4.69) is 24.1 Å². The van der Waals surface area contributed by atoms with Crippen molar-refractivity contribution >= 4 is 5.91 Å². The van der Waals surface area contributed by atoms with Crippen LogP contribution in [0.4, 0.5) is 0 Å². The third-order valence-corrected chi connectivity index (χ3v) is 3.12. The zero-order valence-electron chi connectivity index (χ0n) is 12.1. The predicted molar refractivity (Wildman–Crippen MR) is 77.4 cm³/mol.